The predicted molar refractivity (Wildman–Crippen MR) is 145 cm³/mol. The third-order valence-electron chi connectivity index (χ3n) is 6.02. The first kappa shape index (κ1) is 27.2. The lowest BCUT2D eigenvalue weighted by Gasteiger charge is -2.24. The van der Waals surface area contributed by atoms with Crippen molar-refractivity contribution in [1.82, 2.24) is 5.32 Å². The van der Waals surface area contributed by atoms with Crippen LogP contribution in [0.25, 0.3) is 22.3 Å². The normalized spacial score (nSPS) is 11.5. The van der Waals surface area contributed by atoms with Crippen molar-refractivity contribution < 1.29 is 31.9 Å². The summed E-state index contributed by atoms with van der Waals surface area (Å²) in [6.07, 6.45) is 2.37. The lowest BCUT2D eigenvalue weighted by atomic mass is 10.0. The molecule has 0 aliphatic rings. The lowest BCUT2D eigenvalue weighted by molar-refractivity contribution is 0.0964. The van der Waals surface area contributed by atoms with E-state index in [1.807, 2.05) is 6.92 Å². The standard InChI is InChI=1S/C28H29FN2O6S/c1-4-7-19-16-21-25(17-23(19)31(14-15-32)38(3,34)35)37-27(26(21)28(33)30-2)18-10-12-20(13-11-18)36-24-9-6-5-8-22(24)29/h5-6,8-13,16-17,32H,4,7,14-15H2,1-3H3,(H,30,33). The number of fused-ring (bicyclic) bond motifs is 1. The average molecular weight is 541 g/mol. The summed E-state index contributed by atoms with van der Waals surface area (Å²) in [5.74, 6) is -0.0692. The van der Waals surface area contributed by atoms with Gasteiger partial charge in [-0.1, -0.05) is 25.5 Å². The van der Waals surface area contributed by atoms with Gasteiger partial charge in [-0.25, -0.2) is 12.8 Å². The van der Waals surface area contributed by atoms with Gasteiger partial charge in [0.15, 0.2) is 11.6 Å². The van der Waals surface area contributed by atoms with Crippen LogP contribution in [0.15, 0.2) is 65.1 Å². The molecule has 200 valence electrons. The Hall–Kier alpha value is -3.89. The number of aryl methyl sites for hydroxylation is 1. The number of aliphatic hydroxyl groups excluding tert-OH is 1. The van der Waals surface area contributed by atoms with E-state index in [0.717, 1.165) is 17.0 Å². The number of aliphatic hydroxyl groups is 1. The van der Waals surface area contributed by atoms with Crippen molar-refractivity contribution in [2.45, 2.75) is 19.8 Å². The number of anilines is 1. The minimum absolute atomic E-state index is 0.0873. The molecule has 0 unspecified atom stereocenters. The highest BCUT2D eigenvalue weighted by Crippen LogP contribution is 2.39. The molecule has 38 heavy (non-hydrogen) atoms. The van der Waals surface area contributed by atoms with Gasteiger partial charge >= 0.3 is 0 Å². The summed E-state index contributed by atoms with van der Waals surface area (Å²) < 4.78 is 52.0. The Balaban J connectivity index is 1.84. The second kappa shape index (κ2) is 11.2. The third-order valence-corrected chi connectivity index (χ3v) is 7.20. The number of amides is 1. The number of benzene rings is 3. The van der Waals surface area contributed by atoms with Crippen LogP contribution in [0.3, 0.4) is 0 Å². The Kier molecular flexibility index (Phi) is 8.03. The molecule has 0 aliphatic carbocycles. The van der Waals surface area contributed by atoms with Gasteiger partial charge < -0.3 is 19.6 Å². The molecule has 0 spiro atoms. The van der Waals surface area contributed by atoms with Crippen molar-refractivity contribution in [3.05, 3.63) is 77.6 Å². The first-order valence-corrected chi connectivity index (χ1v) is 14.0. The average Bonchev–Trinajstić information content (AvgIpc) is 3.26. The van der Waals surface area contributed by atoms with Gasteiger partial charge in [-0.2, -0.15) is 0 Å². The van der Waals surface area contributed by atoms with Crippen LogP contribution >= 0.6 is 0 Å². The smallest absolute Gasteiger partial charge is 0.255 e. The number of carbonyl (C=O) groups excluding carboxylic acids is 1. The largest absolute Gasteiger partial charge is 0.455 e. The number of halogens is 1. The molecule has 0 bridgehead atoms. The quantitative estimate of drug-likeness (QED) is 0.290. The first-order valence-electron chi connectivity index (χ1n) is 12.1. The molecule has 0 saturated heterocycles. The molecule has 0 radical (unpaired) electrons. The van der Waals surface area contributed by atoms with Crippen molar-refractivity contribution in [3.8, 4) is 22.8 Å². The van der Waals surface area contributed by atoms with Gasteiger partial charge in [-0.15, -0.1) is 0 Å². The molecule has 0 saturated carbocycles. The second-order valence-corrected chi connectivity index (χ2v) is 10.6. The van der Waals surface area contributed by atoms with Gasteiger partial charge in [-0.05, 0) is 54.4 Å². The predicted octanol–water partition coefficient (Wildman–Crippen LogP) is 5.10. The molecule has 10 heteroatoms. The van der Waals surface area contributed by atoms with Gasteiger partial charge in [0.05, 0.1) is 30.7 Å². The molecular formula is C28H29FN2O6S. The molecule has 3 aromatic carbocycles. The summed E-state index contributed by atoms with van der Waals surface area (Å²) in [5.41, 5.74) is 2.32. The zero-order valence-electron chi connectivity index (χ0n) is 21.3. The van der Waals surface area contributed by atoms with Crippen molar-refractivity contribution in [3.63, 3.8) is 0 Å². The third kappa shape index (κ3) is 5.51. The van der Waals surface area contributed by atoms with Crippen LogP contribution in [-0.2, 0) is 16.4 Å². The van der Waals surface area contributed by atoms with Gasteiger partial charge in [-0.3, -0.25) is 9.10 Å². The number of nitrogens with zero attached hydrogens (tertiary/aromatic N) is 1. The molecule has 0 atom stereocenters. The number of rotatable bonds is 10. The molecule has 0 fully saturated rings. The Morgan fingerprint density at radius 2 is 1.84 bits per heavy atom. The van der Waals surface area contributed by atoms with Crippen molar-refractivity contribution in [1.29, 1.82) is 0 Å². The van der Waals surface area contributed by atoms with Crippen LogP contribution < -0.4 is 14.4 Å². The van der Waals surface area contributed by atoms with Crippen molar-refractivity contribution in [2.75, 3.05) is 30.8 Å². The summed E-state index contributed by atoms with van der Waals surface area (Å²) >= 11 is 0. The number of ether oxygens (including phenoxy) is 1. The monoisotopic (exact) mass is 540 g/mol. The molecule has 1 amide bonds. The van der Waals surface area contributed by atoms with Gasteiger partial charge in [0.2, 0.25) is 10.0 Å². The van der Waals surface area contributed by atoms with E-state index in [0.29, 0.717) is 51.3 Å². The Labute approximate surface area is 220 Å². The van der Waals surface area contributed by atoms with Crippen molar-refractivity contribution in [2.24, 2.45) is 0 Å². The topological polar surface area (TPSA) is 109 Å². The zero-order valence-corrected chi connectivity index (χ0v) is 22.1. The second-order valence-electron chi connectivity index (χ2n) is 8.73. The number of sulfonamides is 1. The Bertz CT molecular complexity index is 1560. The Morgan fingerprint density at radius 3 is 2.45 bits per heavy atom. The zero-order chi connectivity index (χ0) is 27.4. The molecule has 1 aromatic heterocycles. The van der Waals surface area contributed by atoms with Crippen LogP contribution in [0.5, 0.6) is 11.5 Å². The maximum atomic E-state index is 14.0. The lowest BCUT2D eigenvalue weighted by Crippen LogP contribution is -2.33. The molecule has 4 aromatic rings. The molecule has 0 aliphatic heterocycles. The summed E-state index contributed by atoms with van der Waals surface area (Å²) in [5, 5.41) is 12.7. The van der Waals surface area contributed by atoms with Gasteiger partial charge in [0.1, 0.15) is 17.1 Å². The fourth-order valence-corrected chi connectivity index (χ4v) is 5.26. The molecule has 2 N–H and O–H groups in total. The van der Waals surface area contributed by atoms with Crippen LogP contribution in [0.1, 0.15) is 29.3 Å². The summed E-state index contributed by atoms with van der Waals surface area (Å²) in [6, 6.07) is 16.1. The SMILES string of the molecule is CCCc1cc2c(C(=O)NC)c(-c3ccc(Oc4ccccc4F)cc3)oc2cc1N(CCO)S(C)(=O)=O. The number of nitrogens with one attached hydrogen (secondary N) is 1. The van der Waals surface area contributed by atoms with Gasteiger partial charge in [0, 0.05) is 24.1 Å². The fraction of sp³-hybridized carbons (Fsp3) is 0.250. The van der Waals surface area contributed by atoms with Gasteiger partial charge in [0.25, 0.3) is 5.91 Å². The van der Waals surface area contributed by atoms with E-state index in [1.54, 1.807) is 48.5 Å². The number of furan rings is 1. The number of para-hydroxylation sites is 1. The summed E-state index contributed by atoms with van der Waals surface area (Å²) in [4.78, 5) is 13.0. The maximum Gasteiger partial charge on any atom is 0.255 e. The molecule has 8 nitrogen and oxygen atoms in total. The molecule has 1 heterocycles. The van der Waals surface area contributed by atoms with E-state index in [1.165, 1.54) is 19.2 Å². The number of hydrogen-bond acceptors (Lipinski definition) is 6. The fourth-order valence-electron chi connectivity index (χ4n) is 4.32. The number of carbonyl (C=O) groups is 1. The highest BCUT2D eigenvalue weighted by molar-refractivity contribution is 7.92. The van der Waals surface area contributed by atoms with E-state index in [2.05, 4.69) is 5.32 Å². The minimum atomic E-state index is -3.69. The van der Waals surface area contributed by atoms with Crippen LogP contribution in [0.4, 0.5) is 10.1 Å². The minimum Gasteiger partial charge on any atom is -0.455 e. The molecular weight excluding hydrogens is 511 g/mol. The van der Waals surface area contributed by atoms with Crippen molar-refractivity contribution >= 4 is 32.6 Å². The Morgan fingerprint density at radius 1 is 1.13 bits per heavy atom. The van der Waals surface area contributed by atoms with E-state index in [4.69, 9.17) is 9.15 Å². The first-order chi connectivity index (χ1) is 18.2. The van der Waals surface area contributed by atoms with E-state index >= 15 is 0 Å². The van der Waals surface area contributed by atoms with E-state index in [9.17, 15) is 22.7 Å². The van der Waals surface area contributed by atoms with E-state index in [-0.39, 0.29) is 24.8 Å². The highest BCUT2D eigenvalue weighted by atomic mass is 32.2. The highest BCUT2D eigenvalue weighted by Gasteiger charge is 2.26. The van der Waals surface area contributed by atoms with E-state index < -0.39 is 15.8 Å². The molecule has 4 rings (SSSR count). The maximum absolute atomic E-state index is 14.0. The van der Waals surface area contributed by atoms with Crippen LogP contribution in [0.2, 0.25) is 0 Å². The summed E-state index contributed by atoms with van der Waals surface area (Å²) in [6.45, 7) is 1.50. The number of hydrogen-bond donors (Lipinski definition) is 2. The van der Waals surface area contributed by atoms with Crippen LogP contribution in [0, 0.1) is 5.82 Å². The van der Waals surface area contributed by atoms with Crippen LogP contribution in [-0.4, -0.2) is 45.9 Å². The summed E-state index contributed by atoms with van der Waals surface area (Å²) in [7, 11) is -2.17.